The van der Waals surface area contributed by atoms with E-state index in [1.54, 1.807) is 11.0 Å². The minimum Gasteiger partial charge on any atom is -0.333 e. The Hall–Kier alpha value is -3.18. The van der Waals surface area contributed by atoms with Crippen LogP contribution in [0.25, 0.3) is 5.13 Å². The van der Waals surface area contributed by atoms with Crippen molar-refractivity contribution in [1.29, 1.82) is 5.26 Å². The summed E-state index contributed by atoms with van der Waals surface area (Å²) < 4.78 is 1.88. The Morgan fingerprint density at radius 2 is 2.15 bits per heavy atom. The summed E-state index contributed by atoms with van der Waals surface area (Å²) in [4.78, 5) is 34.3. The molecule has 0 saturated heterocycles. The number of carbonyl (C=O) groups is 1. The molecule has 4 rings (SSSR count). The first kappa shape index (κ1) is 16.3. The summed E-state index contributed by atoms with van der Waals surface area (Å²) in [5.41, 5.74) is 2.01. The van der Waals surface area contributed by atoms with Crippen molar-refractivity contribution in [2.45, 2.75) is 19.9 Å². The van der Waals surface area contributed by atoms with Gasteiger partial charge in [0.1, 0.15) is 16.5 Å². The van der Waals surface area contributed by atoms with Gasteiger partial charge < -0.3 is 14.5 Å². The largest absolute Gasteiger partial charge is 0.333 e. The highest BCUT2D eigenvalue weighted by Gasteiger charge is 2.26. The Balaban J connectivity index is 1.62. The molecule has 0 radical (unpaired) electrons. The average Bonchev–Trinajstić information content (AvgIpc) is 3.29. The molecule has 1 amide bonds. The first-order chi connectivity index (χ1) is 12.6. The van der Waals surface area contributed by atoms with Crippen LogP contribution in [0.3, 0.4) is 0 Å². The number of nitriles is 1. The summed E-state index contributed by atoms with van der Waals surface area (Å²) in [5, 5.41) is 9.80. The second-order valence-corrected chi connectivity index (χ2v) is 7.08. The third-order valence-electron chi connectivity index (χ3n) is 4.42. The van der Waals surface area contributed by atoms with Gasteiger partial charge in [-0.3, -0.25) is 9.59 Å². The molecule has 0 spiro atoms. The van der Waals surface area contributed by atoms with Gasteiger partial charge in [-0.25, -0.2) is 4.98 Å². The van der Waals surface area contributed by atoms with Crippen molar-refractivity contribution in [3.8, 4) is 11.2 Å². The normalized spacial score (nSPS) is 13.3. The SMILES string of the molecule is Cc1nc(-n2cccc2)sc1C(=O)N1CCc2[nH]c(=O)c(C#N)cc2C1. The van der Waals surface area contributed by atoms with Gasteiger partial charge in [0.15, 0.2) is 5.13 Å². The predicted molar refractivity (Wildman–Crippen MR) is 96.4 cm³/mol. The fraction of sp³-hybridized carbons (Fsp3) is 0.222. The first-order valence-electron chi connectivity index (χ1n) is 8.12. The molecule has 3 aromatic rings. The number of H-pyrrole nitrogens is 1. The van der Waals surface area contributed by atoms with E-state index in [-0.39, 0.29) is 17.0 Å². The van der Waals surface area contributed by atoms with Gasteiger partial charge in [0.25, 0.3) is 11.5 Å². The number of aryl methyl sites for hydroxylation is 1. The summed E-state index contributed by atoms with van der Waals surface area (Å²) in [6.07, 6.45) is 4.34. The fourth-order valence-electron chi connectivity index (χ4n) is 3.06. The zero-order chi connectivity index (χ0) is 18.3. The van der Waals surface area contributed by atoms with Gasteiger partial charge in [-0.05, 0) is 30.7 Å². The Morgan fingerprint density at radius 3 is 2.88 bits per heavy atom. The van der Waals surface area contributed by atoms with Crippen LogP contribution < -0.4 is 5.56 Å². The van der Waals surface area contributed by atoms with Gasteiger partial charge in [0.2, 0.25) is 0 Å². The van der Waals surface area contributed by atoms with Crippen molar-refractivity contribution in [2.75, 3.05) is 6.54 Å². The number of pyridine rings is 1. The van der Waals surface area contributed by atoms with Crippen molar-refractivity contribution in [1.82, 2.24) is 19.4 Å². The number of thiazole rings is 1. The van der Waals surface area contributed by atoms with Gasteiger partial charge in [-0.1, -0.05) is 11.3 Å². The van der Waals surface area contributed by atoms with Gasteiger partial charge in [-0.15, -0.1) is 0 Å². The van der Waals surface area contributed by atoms with Crippen LogP contribution >= 0.6 is 11.3 Å². The molecule has 1 aliphatic rings. The molecule has 130 valence electrons. The number of aromatic nitrogens is 3. The lowest BCUT2D eigenvalue weighted by molar-refractivity contribution is 0.0737. The van der Waals surface area contributed by atoms with E-state index in [4.69, 9.17) is 5.26 Å². The van der Waals surface area contributed by atoms with Crippen LogP contribution in [0.4, 0.5) is 0 Å². The quantitative estimate of drug-likeness (QED) is 0.751. The lowest BCUT2D eigenvalue weighted by Gasteiger charge is -2.28. The summed E-state index contributed by atoms with van der Waals surface area (Å²) in [5.74, 6) is -0.0752. The van der Waals surface area contributed by atoms with Gasteiger partial charge >= 0.3 is 0 Å². The van der Waals surface area contributed by atoms with Gasteiger partial charge in [0.05, 0.1) is 5.69 Å². The summed E-state index contributed by atoms with van der Waals surface area (Å²) >= 11 is 1.36. The number of hydrogen-bond donors (Lipinski definition) is 1. The van der Waals surface area contributed by atoms with Crippen LogP contribution in [0.5, 0.6) is 0 Å². The number of aromatic amines is 1. The monoisotopic (exact) mass is 365 g/mol. The summed E-state index contributed by atoms with van der Waals surface area (Å²) in [6, 6.07) is 7.29. The first-order valence-corrected chi connectivity index (χ1v) is 8.93. The third-order valence-corrected chi connectivity index (χ3v) is 5.58. The van der Waals surface area contributed by atoms with Crippen LogP contribution in [-0.2, 0) is 13.0 Å². The topological polar surface area (TPSA) is 94.8 Å². The van der Waals surface area contributed by atoms with E-state index in [0.29, 0.717) is 30.1 Å². The molecule has 26 heavy (non-hydrogen) atoms. The maximum absolute atomic E-state index is 13.0. The number of hydrogen-bond acceptors (Lipinski definition) is 5. The minimum atomic E-state index is -0.374. The summed E-state index contributed by atoms with van der Waals surface area (Å²) in [6.45, 7) is 2.72. The van der Waals surface area contributed by atoms with Crippen LogP contribution in [0.2, 0.25) is 0 Å². The standard InChI is InChI=1S/C18H15N5O2S/c1-11-15(26-18(20-11)22-5-2-3-6-22)17(25)23-7-4-14-13(10-23)8-12(9-19)16(24)21-14/h2-3,5-6,8H,4,7,10H2,1H3,(H,21,24). The molecule has 0 aliphatic carbocycles. The Kier molecular flexibility index (Phi) is 3.93. The molecule has 0 fully saturated rings. The number of nitrogens with zero attached hydrogens (tertiary/aromatic N) is 4. The Morgan fingerprint density at radius 1 is 1.38 bits per heavy atom. The zero-order valence-corrected chi connectivity index (χ0v) is 14.8. The molecule has 1 N–H and O–H groups in total. The zero-order valence-electron chi connectivity index (χ0n) is 14.0. The van der Waals surface area contributed by atoms with E-state index < -0.39 is 0 Å². The molecular formula is C18H15N5O2S. The lowest BCUT2D eigenvalue weighted by atomic mass is 10.0. The van der Waals surface area contributed by atoms with Crippen molar-refractivity contribution in [3.63, 3.8) is 0 Å². The minimum absolute atomic E-state index is 0.0712. The smallest absolute Gasteiger partial charge is 0.266 e. The molecule has 8 heteroatoms. The molecule has 0 saturated carbocycles. The number of amides is 1. The van der Waals surface area contributed by atoms with E-state index >= 15 is 0 Å². The highest BCUT2D eigenvalue weighted by Crippen LogP contribution is 2.26. The van der Waals surface area contributed by atoms with Crippen LogP contribution in [-0.4, -0.2) is 31.9 Å². The second kappa shape index (κ2) is 6.28. The van der Waals surface area contributed by atoms with Gasteiger partial charge in [0, 0.05) is 37.6 Å². The molecule has 7 nitrogen and oxygen atoms in total. The van der Waals surface area contributed by atoms with Crippen molar-refractivity contribution in [3.05, 3.63) is 68.3 Å². The average molecular weight is 365 g/mol. The molecule has 0 bridgehead atoms. The summed E-state index contributed by atoms with van der Waals surface area (Å²) in [7, 11) is 0. The van der Waals surface area contributed by atoms with Crippen LogP contribution in [0, 0.1) is 18.3 Å². The van der Waals surface area contributed by atoms with E-state index in [9.17, 15) is 9.59 Å². The van der Waals surface area contributed by atoms with Crippen molar-refractivity contribution in [2.24, 2.45) is 0 Å². The molecule has 0 unspecified atom stereocenters. The van der Waals surface area contributed by atoms with Gasteiger partial charge in [-0.2, -0.15) is 5.26 Å². The number of carbonyl (C=O) groups excluding carboxylic acids is 1. The third kappa shape index (κ3) is 2.72. The number of nitrogens with one attached hydrogen (secondary N) is 1. The van der Waals surface area contributed by atoms with E-state index in [0.717, 1.165) is 16.4 Å². The second-order valence-electron chi connectivity index (χ2n) is 6.11. The van der Waals surface area contributed by atoms with E-state index in [1.807, 2.05) is 42.1 Å². The number of rotatable bonds is 2. The molecular weight excluding hydrogens is 350 g/mol. The highest BCUT2D eigenvalue weighted by molar-refractivity contribution is 7.16. The van der Waals surface area contributed by atoms with E-state index in [1.165, 1.54) is 11.3 Å². The lowest BCUT2D eigenvalue weighted by Crippen LogP contribution is -2.37. The molecule has 3 aromatic heterocycles. The van der Waals surface area contributed by atoms with E-state index in [2.05, 4.69) is 9.97 Å². The van der Waals surface area contributed by atoms with Crippen LogP contribution in [0.1, 0.15) is 32.2 Å². The molecule has 1 aliphatic heterocycles. The Labute approximate surface area is 153 Å². The predicted octanol–water partition coefficient (Wildman–Crippen LogP) is 2.00. The fourth-order valence-corrected chi connectivity index (χ4v) is 4.06. The molecule has 4 heterocycles. The number of fused-ring (bicyclic) bond motifs is 1. The van der Waals surface area contributed by atoms with Crippen LogP contribution in [0.15, 0.2) is 35.4 Å². The Bertz CT molecular complexity index is 1090. The highest BCUT2D eigenvalue weighted by atomic mass is 32.1. The maximum Gasteiger partial charge on any atom is 0.266 e. The van der Waals surface area contributed by atoms with Crippen molar-refractivity contribution >= 4 is 17.2 Å². The molecule has 0 aromatic carbocycles. The van der Waals surface area contributed by atoms with Crippen molar-refractivity contribution < 1.29 is 4.79 Å². The molecule has 0 atom stereocenters. The maximum atomic E-state index is 13.0.